The third-order valence-corrected chi connectivity index (χ3v) is 4.27. The fourth-order valence-corrected chi connectivity index (χ4v) is 3.16. The molecule has 1 heterocycles. The quantitative estimate of drug-likeness (QED) is 0.687. The van der Waals surface area contributed by atoms with Crippen molar-refractivity contribution in [2.75, 3.05) is 0 Å². The molecule has 1 amide bonds. The van der Waals surface area contributed by atoms with Gasteiger partial charge in [-0.05, 0) is 25.5 Å². The van der Waals surface area contributed by atoms with E-state index in [9.17, 15) is 9.59 Å². The van der Waals surface area contributed by atoms with Gasteiger partial charge in [-0.15, -0.1) is 0 Å². The van der Waals surface area contributed by atoms with Gasteiger partial charge < -0.3 is 5.11 Å². The van der Waals surface area contributed by atoms with E-state index in [4.69, 9.17) is 17.3 Å². The van der Waals surface area contributed by atoms with Gasteiger partial charge in [0.25, 0.3) is 5.91 Å². The maximum absolute atomic E-state index is 12.2. The van der Waals surface area contributed by atoms with Crippen molar-refractivity contribution >= 4 is 46.3 Å². The zero-order valence-corrected chi connectivity index (χ0v) is 12.6. The van der Waals surface area contributed by atoms with Gasteiger partial charge >= 0.3 is 5.97 Å². The van der Waals surface area contributed by atoms with Crippen LogP contribution in [-0.2, 0) is 9.59 Å². The number of hydrogen-bond donors (Lipinski definition) is 1. The number of hydrogen-bond acceptors (Lipinski definition) is 4. The molecule has 0 saturated carbocycles. The Balaban J connectivity index is 2.28. The van der Waals surface area contributed by atoms with Crippen molar-refractivity contribution in [3.8, 4) is 0 Å². The Labute approximate surface area is 126 Å². The van der Waals surface area contributed by atoms with E-state index in [0.717, 1.165) is 27.8 Å². The molecule has 0 aliphatic carbocycles. The molecule has 1 saturated heterocycles. The molecular weight excluding hydrogens is 294 g/mol. The van der Waals surface area contributed by atoms with E-state index in [1.165, 1.54) is 6.92 Å². The highest BCUT2D eigenvalue weighted by Gasteiger charge is 2.38. The molecule has 1 aromatic rings. The lowest BCUT2D eigenvalue weighted by Gasteiger charge is -2.18. The van der Waals surface area contributed by atoms with E-state index in [-0.39, 0.29) is 10.2 Å². The van der Waals surface area contributed by atoms with Crippen LogP contribution in [0.2, 0.25) is 0 Å². The summed E-state index contributed by atoms with van der Waals surface area (Å²) in [4.78, 5) is 24.8. The Morgan fingerprint density at radius 2 is 2.00 bits per heavy atom. The predicted molar refractivity (Wildman–Crippen MR) is 83.3 cm³/mol. The maximum atomic E-state index is 12.2. The molecule has 4 nitrogen and oxygen atoms in total. The summed E-state index contributed by atoms with van der Waals surface area (Å²) < 4.78 is 0.281. The summed E-state index contributed by atoms with van der Waals surface area (Å²) in [5, 5.41) is 9.00. The highest BCUT2D eigenvalue weighted by atomic mass is 32.2. The van der Waals surface area contributed by atoms with Crippen LogP contribution < -0.4 is 0 Å². The highest BCUT2D eigenvalue weighted by Crippen LogP contribution is 2.33. The number of thioether (sulfide) groups is 1. The lowest BCUT2D eigenvalue weighted by Crippen LogP contribution is -2.41. The molecule has 0 spiro atoms. The Bertz CT molecular complexity index is 607. The van der Waals surface area contributed by atoms with Gasteiger partial charge in [-0.2, -0.15) is 0 Å². The molecule has 0 aromatic heterocycles. The SMILES string of the molecule is Cc1ccc(/C=C2/SC(=S)N(C(C)C(=O)O)C2=O)cc1. The molecule has 0 bridgehead atoms. The third kappa shape index (κ3) is 2.91. The number of carboxylic acid groups (broad SMARTS) is 1. The van der Waals surface area contributed by atoms with Gasteiger partial charge in [-0.3, -0.25) is 9.69 Å². The first-order valence-corrected chi connectivity index (χ1v) is 7.19. The monoisotopic (exact) mass is 307 g/mol. The summed E-state index contributed by atoms with van der Waals surface area (Å²) in [7, 11) is 0. The fourth-order valence-electron chi connectivity index (χ4n) is 1.74. The Morgan fingerprint density at radius 3 is 2.55 bits per heavy atom. The van der Waals surface area contributed by atoms with Gasteiger partial charge in [0.05, 0.1) is 4.91 Å². The normalized spacial score (nSPS) is 18.7. The van der Waals surface area contributed by atoms with Crippen LogP contribution in [-0.4, -0.2) is 32.2 Å². The minimum Gasteiger partial charge on any atom is -0.480 e. The average molecular weight is 307 g/mol. The molecule has 1 aliphatic heterocycles. The lowest BCUT2D eigenvalue weighted by molar-refractivity contribution is -0.144. The average Bonchev–Trinajstić information content (AvgIpc) is 2.66. The first-order chi connectivity index (χ1) is 9.40. The lowest BCUT2D eigenvalue weighted by atomic mass is 10.1. The van der Waals surface area contributed by atoms with Crippen LogP contribution in [0.25, 0.3) is 6.08 Å². The topological polar surface area (TPSA) is 57.6 Å². The van der Waals surface area contributed by atoms with Crippen LogP contribution >= 0.6 is 24.0 Å². The second kappa shape index (κ2) is 5.76. The second-order valence-electron chi connectivity index (χ2n) is 4.48. The van der Waals surface area contributed by atoms with Crippen LogP contribution in [0.15, 0.2) is 29.2 Å². The van der Waals surface area contributed by atoms with Crippen LogP contribution in [0.5, 0.6) is 0 Å². The van der Waals surface area contributed by atoms with E-state index in [1.807, 2.05) is 31.2 Å². The number of benzene rings is 1. The standard InChI is InChI=1S/C14H13NO3S2/c1-8-3-5-10(6-4-8)7-11-12(16)15(14(19)20-11)9(2)13(17)18/h3-7,9H,1-2H3,(H,17,18)/b11-7+. The van der Waals surface area contributed by atoms with Crippen molar-refractivity contribution in [2.24, 2.45) is 0 Å². The number of carbonyl (C=O) groups excluding carboxylic acids is 1. The van der Waals surface area contributed by atoms with E-state index >= 15 is 0 Å². The number of amides is 1. The molecule has 20 heavy (non-hydrogen) atoms. The second-order valence-corrected chi connectivity index (χ2v) is 6.15. The maximum Gasteiger partial charge on any atom is 0.326 e. The molecule has 104 valence electrons. The van der Waals surface area contributed by atoms with Gasteiger partial charge in [0.1, 0.15) is 10.4 Å². The molecular formula is C14H13NO3S2. The van der Waals surface area contributed by atoms with Gasteiger partial charge in [0.15, 0.2) is 0 Å². The fraction of sp³-hybridized carbons (Fsp3) is 0.214. The van der Waals surface area contributed by atoms with Gasteiger partial charge in [-0.1, -0.05) is 53.8 Å². The molecule has 1 unspecified atom stereocenters. The number of carboxylic acids is 1. The predicted octanol–water partition coefficient (Wildman–Crippen LogP) is 2.67. The molecule has 1 aliphatic rings. The van der Waals surface area contributed by atoms with Crippen molar-refractivity contribution in [1.82, 2.24) is 4.90 Å². The first kappa shape index (κ1) is 14.7. The number of thiocarbonyl (C=S) groups is 1. The van der Waals surface area contributed by atoms with Crippen molar-refractivity contribution in [3.05, 3.63) is 40.3 Å². The Morgan fingerprint density at radius 1 is 1.40 bits per heavy atom. The Kier molecular flexibility index (Phi) is 4.25. The smallest absolute Gasteiger partial charge is 0.326 e. The van der Waals surface area contributed by atoms with Gasteiger partial charge in [0.2, 0.25) is 0 Å². The number of aryl methyl sites for hydroxylation is 1. The minimum atomic E-state index is -1.07. The molecule has 0 radical (unpaired) electrons. The van der Waals surface area contributed by atoms with Crippen LogP contribution in [0, 0.1) is 6.92 Å². The minimum absolute atomic E-state index is 0.281. The summed E-state index contributed by atoms with van der Waals surface area (Å²) in [5.74, 6) is -1.42. The van der Waals surface area contributed by atoms with Gasteiger partial charge in [0, 0.05) is 0 Å². The number of nitrogens with zero attached hydrogens (tertiary/aromatic N) is 1. The van der Waals surface area contributed by atoms with Crippen LogP contribution in [0.3, 0.4) is 0 Å². The number of aliphatic carboxylic acids is 1. The zero-order valence-electron chi connectivity index (χ0n) is 11.0. The summed E-state index contributed by atoms with van der Waals surface area (Å²) in [6.07, 6.45) is 1.73. The Hall–Kier alpha value is -1.66. The highest BCUT2D eigenvalue weighted by molar-refractivity contribution is 8.26. The van der Waals surface area contributed by atoms with E-state index in [1.54, 1.807) is 6.08 Å². The molecule has 1 aromatic carbocycles. The third-order valence-electron chi connectivity index (χ3n) is 2.94. The van der Waals surface area contributed by atoms with Crippen molar-refractivity contribution in [3.63, 3.8) is 0 Å². The summed E-state index contributed by atoms with van der Waals surface area (Å²) >= 11 is 6.22. The molecule has 1 atom stereocenters. The van der Waals surface area contributed by atoms with Crippen molar-refractivity contribution < 1.29 is 14.7 Å². The van der Waals surface area contributed by atoms with Crippen LogP contribution in [0.1, 0.15) is 18.1 Å². The van der Waals surface area contributed by atoms with Crippen molar-refractivity contribution in [1.29, 1.82) is 0 Å². The summed E-state index contributed by atoms with van der Waals surface area (Å²) in [6.45, 7) is 3.43. The van der Waals surface area contributed by atoms with E-state index in [2.05, 4.69) is 0 Å². The molecule has 6 heteroatoms. The molecule has 1 N–H and O–H groups in total. The zero-order chi connectivity index (χ0) is 14.9. The molecule has 2 rings (SSSR count). The van der Waals surface area contributed by atoms with E-state index in [0.29, 0.717) is 4.91 Å². The summed E-state index contributed by atoms with van der Waals surface area (Å²) in [5.41, 5.74) is 2.02. The van der Waals surface area contributed by atoms with Crippen molar-refractivity contribution in [2.45, 2.75) is 19.9 Å². The molecule has 1 fully saturated rings. The van der Waals surface area contributed by atoms with Crippen LogP contribution in [0.4, 0.5) is 0 Å². The number of carbonyl (C=O) groups is 2. The summed E-state index contributed by atoms with van der Waals surface area (Å²) in [6, 6.07) is 6.76. The largest absolute Gasteiger partial charge is 0.480 e. The number of rotatable bonds is 3. The van der Waals surface area contributed by atoms with Gasteiger partial charge in [-0.25, -0.2) is 4.79 Å². The van der Waals surface area contributed by atoms with E-state index < -0.39 is 12.0 Å². The first-order valence-electron chi connectivity index (χ1n) is 5.96.